The number of benzene rings is 1. The zero-order chi connectivity index (χ0) is 19.7. The highest BCUT2D eigenvalue weighted by Gasteiger charge is 2.34. The Balaban J connectivity index is 1.72. The average Bonchev–Trinajstić information content (AvgIpc) is 2.67. The number of sulfone groups is 1. The highest BCUT2D eigenvalue weighted by molar-refractivity contribution is 7.92. The first-order valence-electron chi connectivity index (χ1n) is 8.23. The van der Waals surface area contributed by atoms with Gasteiger partial charge in [-0.15, -0.1) is 0 Å². The standard InChI is InChI=1S/C18H16F3N3O2S/c19-18(20,21)14-9-15(12-23-11-14)24-7-5-17(6-8-24)27(25,26)16-3-1-13(10-22)2-4-16/h1-4,9,11-12,17H,5-8H2. The van der Waals surface area contributed by atoms with Gasteiger partial charge < -0.3 is 4.90 Å². The zero-order valence-electron chi connectivity index (χ0n) is 14.1. The van der Waals surface area contributed by atoms with Crippen LogP contribution in [0.2, 0.25) is 0 Å². The van der Waals surface area contributed by atoms with E-state index in [4.69, 9.17) is 5.26 Å². The average molecular weight is 395 g/mol. The zero-order valence-corrected chi connectivity index (χ0v) is 15.0. The molecule has 0 atom stereocenters. The Labute approximate surface area is 155 Å². The number of aromatic nitrogens is 1. The molecule has 1 saturated heterocycles. The quantitative estimate of drug-likeness (QED) is 0.796. The number of hydrogen-bond acceptors (Lipinski definition) is 5. The van der Waals surface area contributed by atoms with E-state index in [2.05, 4.69) is 4.98 Å². The molecule has 0 spiro atoms. The Morgan fingerprint density at radius 1 is 1.11 bits per heavy atom. The molecule has 0 bridgehead atoms. The summed E-state index contributed by atoms with van der Waals surface area (Å²) in [6, 6.07) is 8.70. The van der Waals surface area contributed by atoms with Gasteiger partial charge in [-0.3, -0.25) is 4.98 Å². The van der Waals surface area contributed by atoms with E-state index in [-0.39, 0.29) is 4.90 Å². The van der Waals surface area contributed by atoms with Crippen molar-refractivity contribution in [2.75, 3.05) is 18.0 Å². The van der Waals surface area contributed by atoms with Gasteiger partial charge in [-0.05, 0) is 43.2 Å². The van der Waals surface area contributed by atoms with E-state index in [1.807, 2.05) is 6.07 Å². The van der Waals surface area contributed by atoms with Crippen LogP contribution in [0.15, 0.2) is 47.6 Å². The van der Waals surface area contributed by atoms with Gasteiger partial charge in [0.15, 0.2) is 9.84 Å². The number of halogens is 3. The van der Waals surface area contributed by atoms with Crippen molar-refractivity contribution in [3.05, 3.63) is 53.9 Å². The maximum Gasteiger partial charge on any atom is 0.417 e. The Bertz CT molecular complexity index is 959. The number of anilines is 1. The van der Waals surface area contributed by atoms with Crippen LogP contribution in [-0.2, 0) is 16.0 Å². The molecule has 2 aromatic rings. The molecular weight excluding hydrogens is 379 g/mol. The summed E-state index contributed by atoms with van der Waals surface area (Å²) in [5.41, 5.74) is -0.118. The fourth-order valence-electron chi connectivity index (χ4n) is 3.09. The minimum absolute atomic E-state index is 0.153. The lowest BCUT2D eigenvalue weighted by Gasteiger charge is -2.33. The Hall–Kier alpha value is -2.60. The molecule has 142 valence electrons. The van der Waals surface area contributed by atoms with Crippen molar-refractivity contribution in [3.63, 3.8) is 0 Å². The Morgan fingerprint density at radius 2 is 1.74 bits per heavy atom. The molecule has 9 heteroatoms. The molecule has 3 rings (SSSR count). The number of piperidine rings is 1. The summed E-state index contributed by atoms with van der Waals surface area (Å²) in [4.78, 5) is 5.52. The first-order valence-corrected chi connectivity index (χ1v) is 9.78. The van der Waals surface area contributed by atoms with E-state index >= 15 is 0 Å². The maximum absolute atomic E-state index is 12.8. The van der Waals surface area contributed by atoms with Crippen molar-refractivity contribution in [1.29, 1.82) is 5.26 Å². The SMILES string of the molecule is N#Cc1ccc(S(=O)(=O)C2CCN(c3cncc(C(F)(F)F)c3)CC2)cc1. The van der Waals surface area contributed by atoms with Gasteiger partial charge in [0.1, 0.15) is 0 Å². The van der Waals surface area contributed by atoms with Gasteiger partial charge in [-0.25, -0.2) is 8.42 Å². The molecule has 1 fully saturated rings. The molecule has 2 heterocycles. The largest absolute Gasteiger partial charge is 0.417 e. The van der Waals surface area contributed by atoms with Crippen LogP contribution in [0.3, 0.4) is 0 Å². The second-order valence-corrected chi connectivity index (χ2v) is 8.53. The third kappa shape index (κ3) is 4.06. The monoisotopic (exact) mass is 395 g/mol. The number of hydrogen-bond donors (Lipinski definition) is 0. The molecule has 0 saturated carbocycles. The van der Waals surface area contributed by atoms with E-state index in [1.54, 1.807) is 4.90 Å². The number of pyridine rings is 1. The highest BCUT2D eigenvalue weighted by atomic mass is 32.2. The van der Waals surface area contributed by atoms with Crippen molar-refractivity contribution >= 4 is 15.5 Å². The number of nitrogens with zero attached hydrogens (tertiary/aromatic N) is 3. The molecule has 27 heavy (non-hydrogen) atoms. The van der Waals surface area contributed by atoms with Gasteiger partial charge >= 0.3 is 6.18 Å². The molecular formula is C18H16F3N3O2S. The van der Waals surface area contributed by atoms with Crippen molar-refractivity contribution in [1.82, 2.24) is 4.98 Å². The van der Waals surface area contributed by atoms with Gasteiger partial charge in [-0.2, -0.15) is 18.4 Å². The van der Waals surface area contributed by atoms with Gasteiger partial charge in [0.2, 0.25) is 0 Å². The van der Waals surface area contributed by atoms with E-state index in [0.717, 1.165) is 12.3 Å². The molecule has 0 amide bonds. The molecule has 0 aliphatic carbocycles. The van der Waals surface area contributed by atoms with E-state index in [0.29, 0.717) is 37.2 Å². The maximum atomic E-state index is 12.8. The van der Waals surface area contributed by atoms with Crippen LogP contribution in [0.4, 0.5) is 18.9 Å². The van der Waals surface area contributed by atoms with E-state index < -0.39 is 26.8 Å². The Morgan fingerprint density at radius 3 is 2.30 bits per heavy atom. The number of nitriles is 1. The summed E-state index contributed by atoms with van der Waals surface area (Å²) in [6.07, 6.45) is -1.74. The van der Waals surface area contributed by atoms with Crippen molar-refractivity contribution < 1.29 is 21.6 Å². The van der Waals surface area contributed by atoms with E-state index in [1.165, 1.54) is 30.5 Å². The minimum Gasteiger partial charge on any atom is -0.370 e. The predicted molar refractivity (Wildman–Crippen MR) is 92.8 cm³/mol. The topological polar surface area (TPSA) is 74.1 Å². The lowest BCUT2D eigenvalue weighted by Crippen LogP contribution is -2.39. The molecule has 1 aliphatic rings. The minimum atomic E-state index is -4.47. The fraction of sp³-hybridized carbons (Fsp3) is 0.333. The third-order valence-electron chi connectivity index (χ3n) is 4.61. The van der Waals surface area contributed by atoms with Crippen LogP contribution < -0.4 is 4.90 Å². The smallest absolute Gasteiger partial charge is 0.370 e. The van der Waals surface area contributed by atoms with Crippen LogP contribution in [-0.4, -0.2) is 31.7 Å². The summed E-state index contributed by atoms with van der Waals surface area (Å²) < 4.78 is 64.0. The van der Waals surface area contributed by atoms with Gasteiger partial charge in [-0.1, -0.05) is 0 Å². The number of rotatable bonds is 3. The molecule has 0 unspecified atom stereocenters. The Kier molecular flexibility index (Phi) is 5.11. The summed E-state index contributed by atoms with van der Waals surface area (Å²) in [5, 5.41) is 8.20. The predicted octanol–water partition coefficient (Wildman–Crippen LogP) is 3.41. The normalized spacial score (nSPS) is 16.1. The molecule has 0 N–H and O–H groups in total. The van der Waals surface area contributed by atoms with Crippen LogP contribution in [0.5, 0.6) is 0 Å². The molecule has 0 radical (unpaired) electrons. The first-order chi connectivity index (χ1) is 12.7. The van der Waals surface area contributed by atoms with Gasteiger partial charge in [0.25, 0.3) is 0 Å². The van der Waals surface area contributed by atoms with Gasteiger partial charge in [0.05, 0.1) is 39.2 Å². The van der Waals surface area contributed by atoms with Crippen LogP contribution >= 0.6 is 0 Å². The summed E-state index contributed by atoms with van der Waals surface area (Å²) in [6.45, 7) is 0.645. The lowest BCUT2D eigenvalue weighted by molar-refractivity contribution is -0.137. The van der Waals surface area contributed by atoms with Crippen molar-refractivity contribution in [2.24, 2.45) is 0 Å². The molecule has 5 nitrogen and oxygen atoms in total. The highest BCUT2D eigenvalue weighted by Crippen LogP contribution is 2.32. The third-order valence-corrected chi connectivity index (χ3v) is 6.89. The summed E-state index contributed by atoms with van der Waals surface area (Å²) >= 11 is 0. The van der Waals surface area contributed by atoms with Crippen LogP contribution in [0.1, 0.15) is 24.0 Å². The van der Waals surface area contributed by atoms with Gasteiger partial charge in [0, 0.05) is 19.3 Å². The fourth-order valence-corrected chi connectivity index (χ4v) is 4.82. The summed E-state index contributed by atoms with van der Waals surface area (Å²) in [7, 11) is -3.56. The molecule has 1 aromatic carbocycles. The van der Waals surface area contributed by atoms with Crippen molar-refractivity contribution in [3.8, 4) is 6.07 Å². The van der Waals surface area contributed by atoms with Crippen molar-refractivity contribution in [2.45, 2.75) is 29.2 Å². The number of alkyl halides is 3. The molecule has 1 aromatic heterocycles. The lowest BCUT2D eigenvalue weighted by atomic mass is 10.1. The van der Waals surface area contributed by atoms with Crippen LogP contribution in [0.25, 0.3) is 0 Å². The second-order valence-electron chi connectivity index (χ2n) is 6.30. The molecule has 1 aliphatic heterocycles. The first kappa shape index (κ1) is 19.2. The second kappa shape index (κ2) is 7.19. The van der Waals surface area contributed by atoms with E-state index in [9.17, 15) is 21.6 Å². The van der Waals surface area contributed by atoms with Crippen LogP contribution in [0, 0.1) is 11.3 Å². The summed E-state index contributed by atoms with van der Waals surface area (Å²) in [5.74, 6) is 0.